The predicted octanol–water partition coefficient (Wildman–Crippen LogP) is 4.97. The number of fused-ring (bicyclic) bond motifs is 1. The number of piperidine rings is 1. The molecule has 0 bridgehead atoms. The van der Waals surface area contributed by atoms with Crippen molar-refractivity contribution in [2.24, 2.45) is 0 Å². The van der Waals surface area contributed by atoms with E-state index in [2.05, 4.69) is 44.5 Å². The van der Waals surface area contributed by atoms with Crippen molar-refractivity contribution >= 4 is 33.6 Å². The van der Waals surface area contributed by atoms with Gasteiger partial charge in [0.05, 0.1) is 0 Å². The Balaban J connectivity index is 1.29. The summed E-state index contributed by atoms with van der Waals surface area (Å²) < 4.78 is 6.09. The van der Waals surface area contributed by atoms with Crippen LogP contribution in [0.1, 0.15) is 18.4 Å². The van der Waals surface area contributed by atoms with Crippen LogP contribution in [0.5, 0.6) is 5.75 Å². The van der Waals surface area contributed by atoms with Crippen molar-refractivity contribution in [2.45, 2.75) is 18.9 Å². The third kappa shape index (κ3) is 4.57. The molecule has 7 heteroatoms. The second-order valence-corrected chi connectivity index (χ2v) is 8.40. The van der Waals surface area contributed by atoms with Crippen LogP contribution in [0.15, 0.2) is 66.8 Å². The molecule has 2 aromatic carbocycles. The van der Waals surface area contributed by atoms with Gasteiger partial charge in [-0.2, -0.15) is 0 Å². The maximum absolute atomic E-state index is 6.09. The van der Waals surface area contributed by atoms with Gasteiger partial charge in [0, 0.05) is 22.8 Å². The van der Waals surface area contributed by atoms with Gasteiger partial charge in [0.15, 0.2) is 0 Å². The highest BCUT2D eigenvalue weighted by Crippen LogP contribution is 2.27. The smallest absolute Gasteiger partial charge is 0.147 e. The molecule has 5 rings (SSSR count). The minimum absolute atomic E-state index is 0.292. The molecule has 0 spiro atoms. The molecule has 6 nitrogen and oxygen atoms in total. The number of hydrogen-bond acceptors (Lipinski definition) is 7. The monoisotopic (exact) mass is 429 g/mol. The highest BCUT2D eigenvalue weighted by Gasteiger charge is 2.14. The van der Waals surface area contributed by atoms with Crippen molar-refractivity contribution in [3.05, 3.63) is 72.4 Å². The summed E-state index contributed by atoms with van der Waals surface area (Å²) in [7, 11) is 0. The summed E-state index contributed by atoms with van der Waals surface area (Å²) in [4.78, 5) is 4.53. The van der Waals surface area contributed by atoms with Crippen LogP contribution in [0.25, 0.3) is 27.0 Å². The number of ether oxygens (including phenoxy) is 1. The Morgan fingerprint density at radius 3 is 2.68 bits per heavy atom. The molecule has 1 aliphatic rings. The van der Waals surface area contributed by atoms with Crippen molar-refractivity contribution in [3.63, 3.8) is 0 Å². The van der Waals surface area contributed by atoms with Crippen LogP contribution >= 0.6 is 11.3 Å². The van der Waals surface area contributed by atoms with Gasteiger partial charge in [0.2, 0.25) is 0 Å². The van der Waals surface area contributed by atoms with Gasteiger partial charge in [-0.1, -0.05) is 30.0 Å². The molecule has 156 valence electrons. The first kappa shape index (κ1) is 19.7. The highest BCUT2D eigenvalue weighted by atomic mass is 32.1. The van der Waals surface area contributed by atoms with Crippen LogP contribution in [0, 0.1) is 0 Å². The summed E-state index contributed by atoms with van der Waals surface area (Å²) in [6.45, 7) is 6.22. The van der Waals surface area contributed by atoms with Gasteiger partial charge in [-0.05, 0) is 73.3 Å². The molecule has 1 fully saturated rings. The first-order valence-electron chi connectivity index (χ1n) is 10.3. The summed E-state index contributed by atoms with van der Waals surface area (Å²) in [5.41, 5.74) is 4.59. The Hall–Kier alpha value is -3.29. The van der Waals surface area contributed by atoms with Gasteiger partial charge in [-0.25, -0.2) is 4.98 Å². The van der Waals surface area contributed by atoms with Gasteiger partial charge in [0.25, 0.3) is 0 Å². The topological polar surface area (TPSA) is 72.0 Å². The van der Waals surface area contributed by atoms with E-state index >= 15 is 0 Å². The fourth-order valence-electron chi connectivity index (χ4n) is 3.71. The Morgan fingerprint density at radius 2 is 1.90 bits per heavy atom. The number of nitrogens with zero attached hydrogens (tertiary/aromatic N) is 3. The fourth-order valence-corrected chi connectivity index (χ4v) is 4.26. The molecule has 0 amide bonds. The van der Waals surface area contributed by atoms with Crippen LogP contribution in [0.2, 0.25) is 0 Å². The Kier molecular flexibility index (Phi) is 5.60. The standard InChI is InChI=1S/C24H23N5OS/c1-16(17-4-6-21(7-5-17)30-22-8-10-25-11-9-22)28-23-13-20-12-18(24-29-27-15-31-24)2-3-19(20)14-26-23/h2-7,12-15,22,25H,1,8-11H2,(H,26,28). The summed E-state index contributed by atoms with van der Waals surface area (Å²) >= 11 is 1.53. The molecule has 0 aliphatic carbocycles. The second kappa shape index (κ2) is 8.83. The first-order chi connectivity index (χ1) is 15.2. The molecule has 4 aromatic rings. The van der Waals surface area contributed by atoms with E-state index in [-0.39, 0.29) is 0 Å². The van der Waals surface area contributed by atoms with Crippen molar-refractivity contribution in [2.75, 3.05) is 18.4 Å². The number of anilines is 1. The van der Waals surface area contributed by atoms with E-state index in [9.17, 15) is 0 Å². The van der Waals surface area contributed by atoms with E-state index in [1.165, 1.54) is 11.3 Å². The number of rotatable bonds is 6. The van der Waals surface area contributed by atoms with Gasteiger partial charge < -0.3 is 15.4 Å². The van der Waals surface area contributed by atoms with Crippen molar-refractivity contribution in [1.82, 2.24) is 20.5 Å². The number of pyridine rings is 1. The van der Waals surface area contributed by atoms with E-state index in [0.717, 1.165) is 70.1 Å². The number of hydrogen-bond donors (Lipinski definition) is 2. The largest absolute Gasteiger partial charge is 0.490 e. The lowest BCUT2D eigenvalue weighted by Crippen LogP contribution is -2.34. The predicted molar refractivity (Wildman–Crippen MR) is 126 cm³/mol. The zero-order valence-electron chi connectivity index (χ0n) is 17.0. The molecule has 2 aromatic heterocycles. The van der Waals surface area contributed by atoms with Crippen molar-refractivity contribution in [1.29, 1.82) is 0 Å². The summed E-state index contributed by atoms with van der Waals surface area (Å²) in [5.74, 6) is 1.65. The minimum Gasteiger partial charge on any atom is -0.490 e. The molecule has 1 saturated heterocycles. The Bertz CT molecular complexity index is 1180. The van der Waals surface area contributed by atoms with E-state index in [0.29, 0.717) is 6.10 Å². The average Bonchev–Trinajstić information content (AvgIpc) is 3.35. The number of benzene rings is 2. The molecular weight excluding hydrogens is 406 g/mol. The molecule has 0 saturated carbocycles. The van der Waals surface area contributed by atoms with Gasteiger partial charge in [-0.3, -0.25) is 0 Å². The Morgan fingerprint density at radius 1 is 1.06 bits per heavy atom. The van der Waals surface area contributed by atoms with Crippen LogP contribution < -0.4 is 15.4 Å². The number of nitrogens with one attached hydrogen (secondary N) is 2. The molecular formula is C24H23N5OS. The first-order valence-corrected chi connectivity index (χ1v) is 11.2. The summed E-state index contributed by atoms with van der Waals surface area (Å²) in [6.07, 6.45) is 4.25. The lowest BCUT2D eigenvalue weighted by molar-refractivity contribution is 0.162. The summed E-state index contributed by atoms with van der Waals surface area (Å²) in [6, 6.07) is 16.3. The molecule has 2 N–H and O–H groups in total. The minimum atomic E-state index is 0.292. The molecule has 3 heterocycles. The van der Waals surface area contributed by atoms with Gasteiger partial charge in [-0.15, -0.1) is 10.2 Å². The lowest BCUT2D eigenvalue weighted by atomic mass is 10.1. The fraction of sp³-hybridized carbons (Fsp3) is 0.208. The zero-order chi connectivity index (χ0) is 21.0. The maximum atomic E-state index is 6.09. The van der Waals surface area contributed by atoms with E-state index in [1.807, 2.05) is 42.6 Å². The van der Waals surface area contributed by atoms with Crippen LogP contribution in [0.3, 0.4) is 0 Å². The van der Waals surface area contributed by atoms with Crippen LogP contribution in [-0.2, 0) is 0 Å². The van der Waals surface area contributed by atoms with Crippen molar-refractivity contribution < 1.29 is 4.74 Å². The average molecular weight is 430 g/mol. The van der Waals surface area contributed by atoms with E-state index < -0.39 is 0 Å². The molecule has 0 atom stereocenters. The SMILES string of the molecule is C=C(Nc1cc2cc(-c3nncs3)ccc2cn1)c1ccc(OC2CCNCC2)cc1. The normalized spacial score (nSPS) is 14.5. The van der Waals surface area contributed by atoms with Gasteiger partial charge >= 0.3 is 0 Å². The Labute approximate surface area is 185 Å². The zero-order valence-corrected chi connectivity index (χ0v) is 17.9. The third-order valence-corrected chi connectivity index (χ3v) is 6.14. The van der Waals surface area contributed by atoms with Gasteiger partial charge in [0.1, 0.15) is 28.2 Å². The lowest BCUT2D eigenvalue weighted by Gasteiger charge is -2.24. The van der Waals surface area contributed by atoms with Crippen molar-refractivity contribution in [3.8, 4) is 16.3 Å². The molecule has 1 aliphatic heterocycles. The molecule has 0 radical (unpaired) electrons. The van der Waals surface area contributed by atoms with E-state index in [1.54, 1.807) is 5.51 Å². The molecule has 31 heavy (non-hydrogen) atoms. The van der Waals surface area contributed by atoms with E-state index in [4.69, 9.17) is 4.74 Å². The molecule has 0 unspecified atom stereocenters. The third-order valence-electron chi connectivity index (χ3n) is 5.40. The quantitative estimate of drug-likeness (QED) is 0.451. The summed E-state index contributed by atoms with van der Waals surface area (Å²) in [5, 5.41) is 17.8. The number of aromatic nitrogens is 3. The second-order valence-electron chi connectivity index (χ2n) is 7.57. The van der Waals surface area contributed by atoms with Crippen LogP contribution in [0.4, 0.5) is 5.82 Å². The maximum Gasteiger partial charge on any atom is 0.147 e. The van der Waals surface area contributed by atoms with Crippen LogP contribution in [-0.4, -0.2) is 34.4 Å². The highest BCUT2D eigenvalue weighted by molar-refractivity contribution is 7.12.